The number of aryl methyl sites for hydroxylation is 4. The number of rotatable bonds is 4. The zero-order chi connectivity index (χ0) is 50.0. The number of hydrogen-bond acceptors (Lipinski definition) is 3. The second-order valence-corrected chi connectivity index (χ2v) is 26.0. The molecular formula is C68H67BN2S. The summed E-state index contributed by atoms with van der Waals surface area (Å²) in [4.78, 5) is 5.52. The standard InChI is InChI=1S/C68H67BN2S/c1-40-30-42(3)61(43(4)31-40)48-34-51-50-33-46-20-16-17-21-47(46)35-58(50)71(49-24-22-45(23-25-49)44-18-14-13-15-19-44)69-62(51)59(36-48)70(57-38-55-53(32-41(57)2)65(5,6)26-28-67(55,9)10)63-52-37-54-56(39-60(52)72-64(63)69)68(11,12)29-27-66(54,7)8/h13-25,30-39H,26-29H2,1-12H3. The molecule has 8 aromatic carbocycles. The van der Waals surface area contributed by atoms with Gasteiger partial charge in [-0.05, 0) is 213 Å². The summed E-state index contributed by atoms with van der Waals surface area (Å²) in [6.07, 6.45) is 4.72. The molecule has 9 aromatic rings. The fourth-order valence-electron chi connectivity index (χ4n) is 13.9. The molecule has 72 heavy (non-hydrogen) atoms. The average molecular weight is 955 g/mol. The van der Waals surface area contributed by atoms with Crippen LogP contribution in [0.1, 0.15) is 126 Å². The quantitative estimate of drug-likeness (QED) is 0.162. The summed E-state index contributed by atoms with van der Waals surface area (Å²) in [5.74, 6) is 0. The van der Waals surface area contributed by atoms with Crippen molar-refractivity contribution in [2.75, 3.05) is 9.71 Å². The van der Waals surface area contributed by atoms with Crippen molar-refractivity contribution in [3.05, 3.63) is 184 Å². The Balaban J connectivity index is 1.20. The molecule has 0 N–H and O–H groups in total. The molecule has 2 aliphatic heterocycles. The molecule has 0 radical (unpaired) electrons. The lowest BCUT2D eigenvalue weighted by atomic mass is 9.46. The normalized spacial score (nSPS) is 17.6. The second-order valence-electron chi connectivity index (χ2n) is 24.9. The second kappa shape index (κ2) is 15.6. The van der Waals surface area contributed by atoms with Gasteiger partial charge < -0.3 is 9.71 Å². The van der Waals surface area contributed by atoms with Gasteiger partial charge in [0.15, 0.2) is 0 Å². The van der Waals surface area contributed by atoms with Crippen molar-refractivity contribution in [2.45, 2.75) is 130 Å². The summed E-state index contributed by atoms with van der Waals surface area (Å²) >= 11 is 2.05. The van der Waals surface area contributed by atoms with Gasteiger partial charge in [0.05, 0.1) is 5.69 Å². The van der Waals surface area contributed by atoms with Crippen molar-refractivity contribution in [2.24, 2.45) is 0 Å². The van der Waals surface area contributed by atoms with Crippen LogP contribution in [0.3, 0.4) is 0 Å². The molecule has 2 aliphatic carbocycles. The molecule has 0 bridgehead atoms. The summed E-state index contributed by atoms with van der Waals surface area (Å²) in [7, 11) is 0. The van der Waals surface area contributed by atoms with Gasteiger partial charge in [0.2, 0.25) is 0 Å². The van der Waals surface area contributed by atoms with E-state index in [1.807, 2.05) is 11.3 Å². The lowest BCUT2D eigenvalue weighted by Gasteiger charge is -2.46. The van der Waals surface area contributed by atoms with E-state index in [0.29, 0.717) is 0 Å². The predicted molar refractivity (Wildman–Crippen MR) is 313 cm³/mol. The van der Waals surface area contributed by atoms with Crippen molar-refractivity contribution >= 4 is 77.7 Å². The summed E-state index contributed by atoms with van der Waals surface area (Å²) in [5.41, 5.74) is 27.1. The van der Waals surface area contributed by atoms with Gasteiger partial charge >= 0.3 is 6.85 Å². The Bertz CT molecular complexity index is 3730. The highest BCUT2D eigenvalue weighted by atomic mass is 32.1. The molecule has 13 rings (SSSR count). The van der Waals surface area contributed by atoms with Gasteiger partial charge in [0.25, 0.3) is 0 Å². The van der Waals surface area contributed by atoms with E-state index in [9.17, 15) is 0 Å². The van der Waals surface area contributed by atoms with E-state index in [-0.39, 0.29) is 28.5 Å². The van der Waals surface area contributed by atoms with Gasteiger partial charge in [-0.2, -0.15) is 0 Å². The lowest BCUT2D eigenvalue weighted by molar-refractivity contribution is 0.332. The van der Waals surface area contributed by atoms with Crippen LogP contribution >= 0.6 is 11.3 Å². The number of anilines is 5. The maximum atomic E-state index is 2.79. The molecule has 0 amide bonds. The maximum Gasteiger partial charge on any atom is 0.343 e. The van der Waals surface area contributed by atoms with Crippen LogP contribution in [0.15, 0.2) is 140 Å². The Morgan fingerprint density at radius 1 is 0.458 bits per heavy atom. The molecule has 358 valence electrons. The van der Waals surface area contributed by atoms with E-state index in [1.165, 1.54) is 163 Å². The smallest absolute Gasteiger partial charge is 0.343 e. The molecule has 0 saturated carbocycles. The van der Waals surface area contributed by atoms with Crippen LogP contribution in [0.4, 0.5) is 28.4 Å². The van der Waals surface area contributed by atoms with E-state index in [1.54, 1.807) is 0 Å². The van der Waals surface area contributed by atoms with E-state index < -0.39 is 0 Å². The van der Waals surface area contributed by atoms with Crippen molar-refractivity contribution in [1.82, 2.24) is 0 Å². The first-order valence-corrected chi connectivity index (χ1v) is 27.4. The number of fused-ring (bicyclic) bond motifs is 9. The molecule has 0 atom stereocenters. The molecular weight excluding hydrogens is 888 g/mol. The molecule has 0 spiro atoms. The maximum absolute atomic E-state index is 2.79. The molecule has 4 aliphatic rings. The number of nitrogens with zero attached hydrogens (tertiary/aromatic N) is 2. The third kappa shape index (κ3) is 6.73. The molecule has 1 aromatic heterocycles. The van der Waals surface area contributed by atoms with Crippen LogP contribution in [-0.2, 0) is 21.7 Å². The summed E-state index contributed by atoms with van der Waals surface area (Å²) in [5, 5.41) is 3.89. The Morgan fingerprint density at radius 3 is 1.65 bits per heavy atom. The number of hydrogen-bond donors (Lipinski definition) is 0. The Hall–Kier alpha value is -6.36. The number of benzene rings is 8. The van der Waals surface area contributed by atoms with Crippen LogP contribution in [0.2, 0.25) is 0 Å². The van der Waals surface area contributed by atoms with Crippen molar-refractivity contribution in [3.63, 3.8) is 0 Å². The molecule has 3 heterocycles. The van der Waals surface area contributed by atoms with Gasteiger partial charge in [-0.3, -0.25) is 0 Å². The zero-order valence-corrected chi connectivity index (χ0v) is 45.3. The molecule has 0 saturated heterocycles. The average Bonchev–Trinajstić information content (AvgIpc) is 3.72. The van der Waals surface area contributed by atoms with E-state index >= 15 is 0 Å². The minimum Gasteiger partial charge on any atom is -0.376 e. The largest absolute Gasteiger partial charge is 0.376 e. The third-order valence-corrected chi connectivity index (χ3v) is 19.3. The summed E-state index contributed by atoms with van der Waals surface area (Å²) in [6.45, 7) is 29.0. The molecule has 0 fully saturated rings. The van der Waals surface area contributed by atoms with Crippen molar-refractivity contribution in [3.8, 4) is 33.4 Å². The van der Waals surface area contributed by atoms with Gasteiger partial charge in [0, 0.05) is 43.2 Å². The summed E-state index contributed by atoms with van der Waals surface area (Å²) < 4.78 is 2.80. The van der Waals surface area contributed by atoms with E-state index in [0.717, 1.165) is 0 Å². The van der Waals surface area contributed by atoms with Crippen LogP contribution in [0.5, 0.6) is 0 Å². The molecule has 0 unspecified atom stereocenters. The van der Waals surface area contributed by atoms with Gasteiger partial charge in [-0.15, -0.1) is 11.3 Å². The van der Waals surface area contributed by atoms with Crippen LogP contribution in [0.25, 0.3) is 54.2 Å². The van der Waals surface area contributed by atoms with E-state index in [4.69, 9.17) is 0 Å². The topological polar surface area (TPSA) is 6.48 Å². The van der Waals surface area contributed by atoms with Gasteiger partial charge in [-0.1, -0.05) is 146 Å². The van der Waals surface area contributed by atoms with Gasteiger partial charge in [-0.25, -0.2) is 0 Å². The molecule has 2 nitrogen and oxygen atoms in total. The Labute approximate surface area is 432 Å². The highest BCUT2D eigenvalue weighted by Gasteiger charge is 2.49. The SMILES string of the molecule is Cc1cc(C)c(-c2cc3c4c(c2)N(c2cc5c(cc2C)C(C)(C)CCC5(C)C)c2c(sc5cc6c(cc25)C(C)(C)CCC6(C)C)B4N(c2ccc(-c4ccccc4)cc2)c2cc4ccccc4cc2-3)c(C)c1. The van der Waals surface area contributed by atoms with Crippen molar-refractivity contribution < 1.29 is 0 Å². The first-order valence-electron chi connectivity index (χ1n) is 26.6. The highest BCUT2D eigenvalue weighted by molar-refractivity contribution is 7.32. The van der Waals surface area contributed by atoms with Gasteiger partial charge in [0.1, 0.15) is 0 Å². The summed E-state index contributed by atoms with van der Waals surface area (Å²) in [6, 6.07) is 54.8. The Morgan fingerprint density at radius 2 is 1.01 bits per heavy atom. The highest BCUT2D eigenvalue weighted by Crippen LogP contribution is 2.56. The fourth-order valence-corrected chi connectivity index (χ4v) is 15.2. The first kappa shape index (κ1) is 45.5. The van der Waals surface area contributed by atoms with E-state index in [2.05, 4.69) is 232 Å². The van der Waals surface area contributed by atoms with Crippen LogP contribution in [-0.4, -0.2) is 6.85 Å². The predicted octanol–water partition coefficient (Wildman–Crippen LogP) is 18.0. The number of thiophene rings is 1. The monoisotopic (exact) mass is 955 g/mol. The third-order valence-electron chi connectivity index (χ3n) is 18.1. The lowest BCUT2D eigenvalue weighted by Crippen LogP contribution is -2.60. The first-order chi connectivity index (χ1) is 34.3. The zero-order valence-electron chi connectivity index (χ0n) is 44.5. The van der Waals surface area contributed by atoms with Crippen molar-refractivity contribution in [1.29, 1.82) is 0 Å². The molecule has 4 heteroatoms. The van der Waals surface area contributed by atoms with Crippen LogP contribution in [0, 0.1) is 27.7 Å². The minimum absolute atomic E-state index is 0.0416. The van der Waals surface area contributed by atoms with Crippen LogP contribution < -0.4 is 20.0 Å². The Kier molecular flexibility index (Phi) is 9.85. The fraction of sp³-hybridized carbons (Fsp3) is 0.294. The minimum atomic E-state index is -0.0875.